The summed E-state index contributed by atoms with van der Waals surface area (Å²) in [7, 11) is 0. The maximum absolute atomic E-state index is 12.1. The number of hydrogen-bond acceptors (Lipinski definition) is 2. The molecule has 17 heavy (non-hydrogen) atoms. The van der Waals surface area contributed by atoms with Gasteiger partial charge in [-0.1, -0.05) is 34.6 Å². The molecule has 1 unspecified atom stereocenters. The summed E-state index contributed by atoms with van der Waals surface area (Å²) in [5.74, 6) is 1.44. The number of amides is 1. The number of carbonyl (C=O) groups is 1. The molecule has 0 aromatic rings. The third-order valence-electron chi connectivity index (χ3n) is 3.04. The van der Waals surface area contributed by atoms with Crippen LogP contribution in [0, 0.1) is 17.8 Å². The average molecular weight is 242 g/mol. The molecule has 0 aliphatic rings. The van der Waals surface area contributed by atoms with Crippen LogP contribution < -0.4 is 5.73 Å². The summed E-state index contributed by atoms with van der Waals surface area (Å²) >= 11 is 0. The second-order valence-electron chi connectivity index (χ2n) is 5.83. The van der Waals surface area contributed by atoms with Crippen LogP contribution in [0.5, 0.6) is 0 Å². The van der Waals surface area contributed by atoms with Gasteiger partial charge in [-0.3, -0.25) is 4.79 Å². The standard InChI is InChI=1S/C14H30N2O/c1-11(2)6-8-16(9-7-12(3)4)14(17)13(5)10-15/h11-13H,6-10,15H2,1-5H3. The quantitative estimate of drug-likeness (QED) is 0.711. The van der Waals surface area contributed by atoms with Crippen LogP contribution in [0.4, 0.5) is 0 Å². The van der Waals surface area contributed by atoms with Gasteiger partial charge in [-0.25, -0.2) is 0 Å². The lowest BCUT2D eigenvalue weighted by atomic mass is 10.1. The van der Waals surface area contributed by atoms with Crippen molar-refractivity contribution in [2.45, 2.75) is 47.5 Å². The smallest absolute Gasteiger partial charge is 0.226 e. The Morgan fingerprint density at radius 1 is 1.00 bits per heavy atom. The lowest BCUT2D eigenvalue weighted by Crippen LogP contribution is -2.39. The SMILES string of the molecule is CC(C)CCN(CCC(C)C)C(=O)C(C)CN. The van der Waals surface area contributed by atoms with Gasteiger partial charge in [0.1, 0.15) is 0 Å². The molecule has 0 saturated heterocycles. The van der Waals surface area contributed by atoms with Crippen molar-refractivity contribution in [3.05, 3.63) is 0 Å². The maximum Gasteiger partial charge on any atom is 0.226 e. The van der Waals surface area contributed by atoms with E-state index in [1.165, 1.54) is 0 Å². The number of hydrogen-bond donors (Lipinski definition) is 1. The summed E-state index contributed by atoms with van der Waals surface area (Å²) in [6.07, 6.45) is 2.14. The van der Waals surface area contributed by atoms with Crippen LogP contribution in [0.3, 0.4) is 0 Å². The molecule has 0 heterocycles. The summed E-state index contributed by atoms with van der Waals surface area (Å²) in [6.45, 7) is 12.9. The fraction of sp³-hybridized carbons (Fsp3) is 0.929. The minimum atomic E-state index is -0.0469. The van der Waals surface area contributed by atoms with Gasteiger partial charge in [-0.15, -0.1) is 0 Å². The molecule has 2 N–H and O–H groups in total. The minimum Gasteiger partial charge on any atom is -0.342 e. The third-order valence-corrected chi connectivity index (χ3v) is 3.04. The zero-order chi connectivity index (χ0) is 13.4. The molecule has 0 aliphatic carbocycles. The molecule has 0 spiro atoms. The van der Waals surface area contributed by atoms with Crippen LogP contribution in [0.15, 0.2) is 0 Å². The number of nitrogens with two attached hydrogens (primary N) is 1. The molecular formula is C14H30N2O. The Kier molecular flexibility index (Phi) is 8.23. The molecule has 102 valence electrons. The largest absolute Gasteiger partial charge is 0.342 e. The summed E-state index contributed by atoms with van der Waals surface area (Å²) < 4.78 is 0. The summed E-state index contributed by atoms with van der Waals surface area (Å²) in [4.78, 5) is 14.1. The van der Waals surface area contributed by atoms with Crippen LogP contribution in [-0.4, -0.2) is 30.4 Å². The predicted octanol–water partition coefficient (Wildman–Crippen LogP) is 2.50. The molecular weight excluding hydrogens is 212 g/mol. The van der Waals surface area contributed by atoms with Crippen molar-refractivity contribution in [2.75, 3.05) is 19.6 Å². The minimum absolute atomic E-state index is 0.0469. The van der Waals surface area contributed by atoms with Gasteiger partial charge in [0.05, 0.1) is 0 Å². The Balaban J connectivity index is 4.32. The molecule has 0 aromatic carbocycles. The fourth-order valence-electron chi connectivity index (χ4n) is 1.57. The highest BCUT2D eigenvalue weighted by molar-refractivity contribution is 5.78. The van der Waals surface area contributed by atoms with E-state index in [1.807, 2.05) is 11.8 Å². The van der Waals surface area contributed by atoms with E-state index < -0.39 is 0 Å². The first-order valence-corrected chi connectivity index (χ1v) is 6.87. The number of carbonyl (C=O) groups excluding carboxylic acids is 1. The van der Waals surface area contributed by atoms with Crippen molar-refractivity contribution in [3.8, 4) is 0 Å². The van der Waals surface area contributed by atoms with Crippen LogP contribution in [-0.2, 0) is 4.79 Å². The van der Waals surface area contributed by atoms with E-state index in [-0.39, 0.29) is 11.8 Å². The Hall–Kier alpha value is -0.570. The third kappa shape index (κ3) is 7.37. The molecule has 0 fully saturated rings. The van der Waals surface area contributed by atoms with Crippen molar-refractivity contribution in [1.82, 2.24) is 4.90 Å². The fourth-order valence-corrected chi connectivity index (χ4v) is 1.57. The van der Waals surface area contributed by atoms with Gasteiger partial charge < -0.3 is 10.6 Å². The van der Waals surface area contributed by atoms with Gasteiger partial charge in [0.15, 0.2) is 0 Å². The van der Waals surface area contributed by atoms with Gasteiger partial charge in [0.25, 0.3) is 0 Å². The molecule has 0 rings (SSSR count). The highest BCUT2D eigenvalue weighted by Crippen LogP contribution is 2.10. The monoisotopic (exact) mass is 242 g/mol. The Bertz CT molecular complexity index is 202. The zero-order valence-electron chi connectivity index (χ0n) is 12.2. The Morgan fingerprint density at radius 2 is 1.41 bits per heavy atom. The maximum atomic E-state index is 12.1. The van der Waals surface area contributed by atoms with Gasteiger partial charge in [0, 0.05) is 25.6 Å². The molecule has 0 aromatic heterocycles. The highest BCUT2D eigenvalue weighted by atomic mass is 16.2. The summed E-state index contributed by atoms with van der Waals surface area (Å²) in [6, 6.07) is 0. The van der Waals surface area contributed by atoms with E-state index in [1.54, 1.807) is 0 Å². The van der Waals surface area contributed by atoms with E-state index in [9.17, 15) is 4.79 Å². The van der Waals surface area contributed by atoms with Crippen LogP contribution in [0.1, 0.15) is 47.5 Å². The summed E-state index contributed by atoms with van der Waals surface area (Å²) in [5.41, 5.74) is 5.58. The lowest BCUT2D eigenvalue weighted by molar-refractivity contribution is -0.135. The Labute approximate surface area is 107 Å². The molecule has 0 bridgehead atoms. The lowest BCUT2D eigenvalue weighted by Gasteiger charge is -2.27. The van der Waals surface area contributed by atoms with Crippen molar-refractivity contribution in [1.29, 1.82) is 0 Å². The molecule has 1 atom stereocenters. The van der Waals surface area contributed by atoms with Gasteiger partial charge in [0.2, 0.25) is 5.91 Å². The van der Waals surface area contributed by atoms with Crippen molar-refractivity contribution in [2.24, 2.45) is 23.5 Å². The van der Waals surface area contributed by atoms with Gasteiger partial charge >= 0.3 is 0 Å². The zero-order valence-corrected chi connectivity index (χ0v) is 12.2. The van der Waals surface area contributed by atoms with Crippen LogP contribution in [0.2, 0.25) is 0 Å². The van der Waals surface area contributed by atoms with Crippen molar-refractivity contribution >= 4 is 5.91 Å². The van der Waals surface area contributed by atoms with Gasteiger partial charge in [-0.05, 0) is 24.7 Å². The molecule has 0 radical (unpaired) electrons. The topological polar surface area (TPSA) is 46.3 Å². The number of nitrogens with zero attached hydrogens (tertiary/aromatic N) is 1. The van der Waals surface area contributed by atoms with E-state index >= 15 is 0 Å². The molecule has 1 amide bonds. The van der Waals surface area contributed by atoms with Gasteiger partial charge in [-0.2, -0.15) is 0 Å². The van der Waals surface area contributed by atoms with E-state index in [0.29, 0.717) is 18.4 Å². The average Bonchev–Trinajstić information content (AvgIpc) is 2.26. The predicted molar refractivity (Wildman–Crippen MR) is 73.7 cm³/mol. The highest BCUT2D eigenvalue weighted by Gasteiger charge is 2.19. The van der Waals surface area contributed by atoms with E-state index in [0.717, 1.165) is 25.9 Å². The van der Waals surface area contributed by atoms with E-state index in [4.69, 9.17) is 5.73 Å². The van der Waals surface area contributed by atoms with E-state index in [2.05, 4.69) is 27.7 Å². The first kappa shape index (κ1) is 16.4. The molecule has 3 nitrogen and oxygen atoms in total. The first-order valence-electron chi connectivity index (χ1n) is 6.87. The summed E-state index contributed by atoms with van der Waals surface area (Å²) in [5, 5.41) is 0. The second kappa shape index (κ2) is 8.51. The van der Waals surface area contributed by atoms with Crippen LogP contribution in [0.25, 0.3) is 0 Å². The van der Waals surface area contributed by atoms with Crippen LogP contribution >= 0.6 is 0 Å². The molecule has 3 heteroatoms. The first-order chi connectivity index (χ1) is 7.88. The molecule has 0 saturated carbocycles. The number of rotatable bonds is 8. The van der Waals surface area contributed by atoms with Crippen molar-refractivity contribution in [3.63, 3.8) is 0 Å². The normalized spacial score (nSPS) is 13.2. The Morgan fingerprint density at radius 3 is 1.71 bits per heavy atom. The second-order valence-corrected chi connectivity index (χ2v) is 5.83. The molecule has 0 aliphatic heterocycles. The van der Waals surface area contributed by atoms with Crippen molar-refractivity contribution < 1.29 is 4.79 Å².